The first-order chi connectivity index (χ1) is 11.5. The molecule has 3 aromatic rings. The van der Waals surface area contributed by atoms with E-state index in [1.165, 1.54) is 11.8 Å². The van der Waals surface area contributed by atoms with Gasteiger partial charge in [-0.3, -0.25) is 4.79 Å². The highest BCUT2D eigenvalue weighted by Gasteiger charge is 2.20. The molecule has 1 aromatic carbocycles. The number of furan rings is 1. The molecule has 0 fully saturated rings. The van der Waals surface area contributed by atoms with Crippen LogP contribution in [-0.2, 0) is 4.79 Å². The van der Waals surface area contributed by atoms with Gasteiger partial charge >= 0.3 is 0 Å². The van der Waals surface area contributed by atoms with Gasteiger partial charge in [-0.05, 0) is 44.2 Å². The molecule has 0 aliphatic heterocycles. The van der Waals surface area contributed by atoms with Gasteiger partial charge in [0.25, 0.3) is 11.1 Å². The van der Waals surface area contributed by atoms with Gasteiger partial charge in [0.15, 0.2) is 0 Å². The number of amides is 1. The van der Waals surface area contributed by atoms with Crippen LogP contribution >= 0.6 is 23.4 Å². The molecule has 0 aliphatic carbocycles. The summed E-state index contributed by atoms with van der Waals surface area (Å²) >= 11 is 7.01. The van der Waals surface area contributed by atoms with Crippen molar-refractivity contribution in [2.24, 2.45) is 0 Å². The van der Waals surface area contributed by atoms with E-state index in [9.17, 15) is 4.79 Å². The number of thioether (sulfide) groups is 1. The zero-order chi connectivity index (χ0) is 17.1. The van der Waals surface area contributed by atoms with Crippen molar-refractivity contribution in [1.29, 1.82) is 0 Å². The molecule has 124 valence electrons. The Kier molecular flexibility index (Phi) is 4.92. The van der Waals surface area contributed by atoms with Crippen molar-refractivity contribution in [3.8, 4) is 11.5 Å². The van der Waals surface area contributed by atoms with Gasteiger partial charge in [0, 0.05) is 10.7 Å². The molecule has 0 saturated carbocycles. The van der Waals surface area contributed by atoms with E-state index < -0.39 is 5.25 Å². The number of carbonyl (C=O) groups is 1. The number of rotatable bonds is 5. The third-order valence-electron chi connectivity index (χ3n) is 3.25. The maximum atomic E-state index is 12.2. The average molecular weight is 364 g/mol. The minimum atomic E-state index is -0.403. The standard InChI is InChI=1S/C16H14ClN3O3S/c1-9-13(7-8-22-9)15-19-20-16(23-15)24-10(2)14(21)18-12-5-3-11(17)4-6-12/h3-8,10H,1-2H3,(H,18,21)/t10-/m0/s1. The molecule has 0 unspecified atom stereocenters. The lowest BCUT2D eigenvalue weighted by atomic mass is 10.3. The van der Waals surface area contributed by atoms with Crippen molar-refractivity contribution in [2.45, 2.75) is 24.3 Å². The Hall–Kier alpha value is -2.25. The number of nitrogens with one attached hydrogen (secondary N) is 1. The molecule has 0 spiro atoms. The summed E-state index contributed by atoms with van der Waals surface area (Å²) in [5.41, 5.74) is 1.42. The molecule has 0 saturated heterocycles. The molecule has 1 amide bonds. The highest BCUT2D eigenvalue weighted by molar-refractivity contribution is 8.00. The van der Waals surface area contributed by atoms with E-state index in [2.05, 4.69) is 15.5 Å². The Labute approximate surface area is 147 Å². The Balaban J connectivity index is 1.63. The van der Waals surface area contributed by atoms with Crippen LogP contribution in [0.2, 0.25) is 5.02 Å². The second-order valence-electron chi connectivity index (χ2n) is 5.02. The first kappa shape index (κ1) is 16.6. The summed E-state index contributed by atoms with van der Waals surface area (Å²) in [6.45, 7) is 3.58. The van der Waals surface area contributed by atoms with Gasteiger partial charge in [-0.1, -0.05) is 23.4 Å². The normalized spacial score (nSPS) is 12.1. The fourth-order valence-electron chi connectivity index (χ4n) is 1.95. The largest absolute Gasteiger partial charge is 0.469 e. The fourth-order valence-corrected chi connectivity index (χ4v) is 2.76. The van der Waals surface area contributed by atoms with Crippen molar-refractivity contribution < 1.29 is 13.6 Å². The van der Waals surface area contributed by atoms with Crippen LogP contribution < -0.4 is 5.32 Å². The maximum Gasteiger partial charge on any atom is 0.277 e. The van der Waals surface area contributed by atoms with Crippen molar-refractivity contribution >= 4 is 35.0 Å². The van der Waals surface area contributed by atoms with Crippen molar-refractivity contribution in [3.63, 3.8) is 0 Å². The molecule has 1 atom stereocenters. The Morgan fingerprint density at radius 3 is 2.67 bits per heavy atom. The monoisotopic (exact) mass is 363 g/mol. The second kappa shape index (κ2) is 7.11. The quantitative estimate of drug-likeness (QED) is 0.676. The topological polar surface area (TPSA) is 81.2 Å². The van der Waals surface area contributed by atoms with E-state index in [0.717, 1.165) is 5.56 Å². The van der Waals surface area contributed by atoms with Gasteiger partial charge in [0.05, 0.1) is 17.1 Å². The lowest BCUT2D eigenvalue weighted by Crippen LogP contribution is -2.22. The number of nitrogens with zero attached hydrogens (tertiary/aromatic N) is 2. The van der Waals surface area contributed by atoms with Gasteiger partial charge in [0.2, 0.25) is 5.91 Å². The fraction of sp³-hybridized carbons (Fsp3) is 0.188. The van der Waals surface area contributed by atoms with Crippen LogP contribution in [0.3, 0.4) is 0 Å². The number of aromatic nitrogens is 2. The summed E-state index contributed by atoms with van der Waals surface area (Å²) in [7, 11) is 0. The first-order valence-corrected chi connectivity index (χ1v) is 8.40. The maximum absolute atomic E-state index is 12.2. The van der Waals surface area contributed by atoms with E-state index in [4.69, 9.17) is 20.4 Å². The highest BCUT2D eigenvalue weighted by atomic mass is 35.5. The van der Waals surface area contributed by atoms with Gasteiger partial charge < -0.3 is 14.2 Å². The minimum Gasteiger partial charge on any atom is -0.469 e. The number of anilines is 1. The Bertz CT molecular complexity index is 844. The predicted molar refractivity (Wildman–Crippen MR) is 92.1 cm³/mol. The number of benzene rings is 1. The molecule has 6 nitrogen and oxygen atoms in total. The van der Waals surface area contributed by atoms with Crippen LogP contribution in [0.1, 0.15) is 12.7 Å². The molecule has 1 N–H and O–H groups in total. The molecule has 0 aliphatic rings. The van der Waals surface area contributed by atoms with Crippen LogP contribution in [0, 0.1) is 6.92 Å². The average Bonchev–Trinajstić information content (AvgIpc) is 3.18. The summed E-state index contributed by atoms with van der Waals surface area (Å²) in [6, 6.07) is 8.67. The molecule has 0 radical (unpaired) electrons. The number of halogens is 1. The number of aryl methyl sites for hydroxylation is 1. The molecular formula is C16H14ClN3O3S. The number of carbonyl (C=O) groups excluding carboxylic acids is 1. The van der Waals surface area contributed by atoms with Crippen molar-refractivity contribution in [3.05, 3.63) is 47.4 Å². The number of hydrogen-bond donors (Lipinski definition) is 1. The molecular weight excluding hydrogens is 350 g/mol. The third-order valence-corrected chi connectivity index (χ3v) is 4.44. The first-order valence-electron chi connectivity index (χ1n) is 7.14. The smallest absolute Gasteiger partial charge is 0.277 e. The molecule has 2 aromatic heterocycles. The molecule has 0 bridgehead atoms. The summed E-state index contributed by atoms with van der Waals surface area (Å²) in [5.74, 6) is 0.902. The van der Waals surface area contributed by atoms with E-state index in [1.807, 2.05) is 6.92 Å². The lowest BCUT2D eigenvalue weighted by Gasteiger charge is -2.09. The van der Waals surface area contributed by atoms with Crippen molar-refractivity contribution in [1.82, 2.24) is 10.2 Å². The molecule has 3 rings (SSSR count). The number of hydrogen-bond acceptors (Lipinski definition) is 6. The zero-order valence-electron chi connectivity index (χ0n) is 12.9. The van der Waals surface area contributed by atoms with Crippen molar-refractivity contribution in [2.75, 3.05) is 5.32 Å². The van der Waals surface area contributed by atoms with Crippen LogP contribution in [0.4, 0.5) is 5.69 Å². The predicted octanol–water partition coefficient (Wildman–Crippen LogP) is 4.41. The lowest BCUT2D eigenvalue weighted by molar-refractivity contribution is -0.115. The van der Waals surface area contributed by atoms with Gasteiger partial charge in [0.1, 0.15) is 5.76 Å². The van der Waals surface area contributed by atoms with E-state index in [-0.39, 0.29) is 5.91 Å². The van der Waals surface area contributed by atoms with Crippen LogP contribution in [0.25, 0.3) is 11.5 Å². The van der Waals surface area contributed by atoms with Crippen LogP contribution in [-0.4, -0.2) is 21.4 Å². The summed E-state index contributed by atoms with van der Waals surface area (Å²) < 4.78 is 10.8. The van der Waals surface area contributed by atoms with Crippen LogP contribution in [0.15, 0.2) is 50.7 Å². The van der Waals surface area contributed by atoms with E-state index in [1.54, 1.807) is 43.5 Å². The SMILES string of the molecule is Cc1occc1-c1nnc(S[C@@H](C)C(=O)Nc2ccc(Cl)cc2)o1. The molecule has 2 heterocycles. The zero-order valence-corrected chi connectivity index (χ0v) is 14.5. The summed E-state index contributed by atoms with van der Waals surface area (Å²) in [5, 5.41) is 11.3. The summed E-state index contributed by atoms with van der Waals surface area (Å²) in [4.78, 5) is 12.2. The van der Waals surface area contributed by atoms with Crippen LogP contribution in [0.5, 0.6) is 0 Å². The minimum absolute atomic E-state index is 0.165. The van der Waals surface area contributed by atoms with E-state index in [0.29, 0.717) is 27.6 Å². The molecule has 24 heavy (non-hydrogen) atoms. The third kappa shape index (κ3) is 3.80. The highest BCUT2D eigenvalue weighted by Crippen LogP contribution is 2.28. The van der Waals surface area contributed by atoms with Gasteiger partial charge in [-0.15, -0.1) is 10.2 Å². The molecule has 8 heteroatoms. The summed E-state index contributed by atoms with van der Waals surface area (Å²) in [6.07, 6.45) is 1.56. The second-order valence-corrected chi connectivity index (χ2v) is 6.75. The Morgan fingerprint density at radius 1 is 1.25 bits per heavy atom. The van der Waals surface area contributed by atoms with E-state index >= 15 is 0 Å². The van der Waals surface area contributed by atoms with Gasteiger partial charge in [-0.25, -0.2) is 0 Å². The Morgan fingerprint density at radius 2 is 2.00 bits per heavy atom. The van der Waals surface area contributed by atoms with Gasteiger partial charge in [-0.2, -0.15) is 0 Å².